The molecule has 1 atom stereocenters. The van der Waals surface area contributed by atoms with E-state index in [1.165, 1.54) is 7.11 Å². The molecule has 1 heterocycles. The average molecular weight is 293 g/mol. The van der Waals surface area contributed by atoms with E-state index < -0.39 is 11.9 Å². The number of benzene rings is 1. The van der Waals surface area contributed by atoms with Gasteiger partial charge in [0.25, 0.3) is 0 Å². The number of hydrogen-bond acceptors (Lipinski definition) is 5. The number of amides is 1. The number of rotatable bonds is 6. The van der Waals surface area contributed by atoms with Gasteiger partial charge in [-0.1, -0.05) is 0 Å². The predicted octanol–water partition coefficient (Wildman–Crippen LogP) is 1.75. The van der Waals surface area contributed by atoms with E-state index >= 15 is 0 Å². The van der Waals surface area contributed by atoms with Crippen LogP contribution in [0.4, 0.5) is 5.69 Å². The number of nitrogens with one attached hydrogen (secondary N) is 1. The average Bonchev–Trinajstić information content (AvgIpc) is 2.99. The van der Waals surface area contributed by atoms with Crippen molar-refractivity contribution >= 4 is 17.6 Å². The summed E-state index contributed by atoms with van der Waals surface area (Å²) in [4.78, 5) is 22.5. The number of carbonyl (C=O) groups excluding carboxylic acids is 2. The molecule has 0 bridgehead atoms. The molecule has 1 saturated heterocycles. The molecule has 0 spiro atoms. The summed E-state index contributed by atoms with van der Waals surface area (Å²) in [6, 6.07) is 6.98. The third-order valence-corrected chi connectivity index (χ3v) is 3.13. The molecule has 1 amide bonds. The molecule has 1 aliphatic rings. The Morgan fingerprint density at radius 2 is 2.10 bits per heavy atom. The Hall–Kier alpha value is -2.08. The molecule has 1 unspecified atom stereocenters. The Kier molecular flexibility index (Phi) is 5.57. The van der Waals surface area contributed by atoms with Crippen molar-refractivity contribution < 1.29 is 23.8 Å². The normalized spacial score (nSPS) is 17.3. The van der Waals surface area contributed by atoms with E-state index in [9.17, 15) is 9.59 Å². The molecular formula is C15H19NO5. The number of hydrogen-bond donors (Lipinski definition) is 1. The Bertz CT molecular complexity index is 479. The van der Waals surface area contributed by atoms with Crippen LogP contribution in [0.2, 0.25) is 0 Å². The zero-order valence-corrected chi connectivity index (χ0v) is 12.0. The Balaban J connectivity index is 1.78. The lowest BCUT2D eigenvalue weighted by atomic mass is 10.2. The third-order valence-electron chi connectivity index (χ3n) is 3.13. The third kappa shape index (κ3) is 5.07. The summed E-state index contributed by atoms with van der Waals surface area (Å²) < 4.78 is 15.5. The van der Waals surface area contributed by atoms with Crippen LogP contribution in [0.25, 0.3) is 0 Å². The Labute approximate surface area is 123 Å². The van der Waals surface area contributed by atoms with Crippen molar-refractivity contribution in [2.24, 2.45) is 0 Å². The first kappa shape index (κ1) is 15.3. The lowest BCUT2D eigenvalue weighted by Crippen LogP contribution is -2.17. The van der Waals surface area contributed by atoms with E-state index in [0.29, 0.717) is 12.3 Å². The minimum Gasteiger partial charge on any atom is -0.491 e. The second-order valence-electron chi connectivity index (χ2n) is 4.77. The van der Waals surface area contributed by atoms with Gasteiger partial charge in [-0.15, -0.1) is 0 Å². The molecule has 1 aliphatic heterocycles. The topological polar surface area (TPSA) is 73.9 Å². The number of anilines is 1. The molecule has 1 aromatic rings. The molecular weight excluding hydrogens is 274 g/mol. The summed E-state index contributed by atoms with van der Waals surface area (Å²) in [6.45, 7) is 1.34. The van der Waals surface area contributed by atoms with Gasteiger partial charge in [0.1, 0.15) is 18.8 Å². The quantitative estimate of drug-likeness (QED) is 0.639. The van der Waals surface area contributed by atoms with Gasteiger partial charge in [-0.25, -0.2) is 0 Å². The maximum Gasteiger partial charge on any atom is 0.315 e. The molecule has 1 N–H and O–H groups in total. The number of esters is 1. The van der Waals surface area contributed by atoms with Gasteiger partial charge in [-0.05, 0) is 37.1 Å². The molecule has 1 aromatic carbocycles. The Morgan fingerprint density at radius 1 is 1.33 bits per heavy atom. The summed E-state index contributed by atoms with van der Waals surface area (Å²) in [5.74, 6) is -0.254. The van der Waals surface area contributed by atoms with E-state index in [2.05, 4.69) is 10.1 Å². The van der Waals surface area contributed by atoms with Gasteiger partial charge in [0.2, 0.25) is 5.91 Å². The number of methoxy groups -OCH3 is 1. The van der Waals surface area contributed by atoms with Gasteiger partial charge < -0.3 is 19.5 Å². The van der Waals surface area contributed by atoms with Crippen molar-refractivity contribution in [2.75, 3.05) is 25.6 Å². The van der Waals surface area contributed by atoms with Crippen LogP contribution in [0.15, 0.2) is 24.3 Å². The minimum absolute atomic E-state index is 0.171. The van der Waals surface area contributed by atoms with E-state index in [0.717, 1.165) is 25.2 Å². The van der Waals surface area contributed by atoms with Crippen molar-refractivity contribution in [3.8, 4) is 5.75 Å². The molecule has 114 valence electrons. The summed E-state index contributed by atoms with van der Waals surface area (Å²) in [5.41, 5.74) is 0.605. The van der Waals surface area contributed by atoms with Crippen LogP contribution >= 0.6 is 0 Å². The van der Waals surface area contributed by atoms with Crippen molar-refractivity contribution in [1.82, 2.24) is 0 Å². The van der Waals surface area contributed by atoms with E-state index in [-0.39, 0.29) is 12.5 Å². The first-order valence-electron chi connectivity index (χ1n) is 6.88. The molecule has 6 heteroatoms. The van der Waals surface area contributed by atoms with Crippen LogP contribution in [0.1, 0.15) is 19.3 Å². The number of carbonyl (C=O) groups is 2. The molecule has 2 rings (SSSR count). The standard InChI is InChI=1S/C15H19NO5/c1-19-15(18)9-14(17)16-11-4-6-12(7-5-11)21-10-13-3-2-8-20-13/h4-7,13H,2-3,8-10H2,1H3,(H,16,17). The molecule has 0 aliphatic carbocycles. The second-order valence-corrected chi connectivity index (χ2v) is 4.77. The van der Waals surface area contributed by atoms with E-state index in [4.69, 9.17) is 9.47 Å². The van der Waals surface area contributed by atoms with Crippen molar-refractivity contribution in [3.05, 3.63) is 24.3 Å². The van der Waals surface area contributed by atoms with Crippen LogP contribution in [0.5, 0.6) is 5.75 Å². The van der Waals surface area contributed by atoms with Crippen LogP contribution in [-0.4, -0.2) is 38.3 Å². The highest BCUT2D eigenvalue weighted by Crippen LogP contribution is 2.18. The molecule has 21 heavy (non-hydrogen) atoms. The highest BCUT2D eigenvalue weighted by Gasteiger charge is 2.16. The van der Waals surface area contributed by atoms with Gasteiger partial charge >= 0.3 is 5.97 Å². The number of ether oxygens (including phenoxy) is 3. The molecule has 6 nitrogen and oxygen atoms in total. The maximum atomic E-state index is 11.5. The van der Waals surface area contributed by atoms with Gasteiger partial charge in [-0.3, -0.25) is 9.59 Å². The zero-order valence-electron chi connectivity index (χ0n) is 12.0. The summed E-state index contributed by atoms with van der Waals surface area (Å²) in [6.07, 6.45) is 1.98. The fourth-order valence-electron chi connectivity index (χ4n) is 2.01. The predicted molar refractivity (Wildman–Crippen MR) is 76.2 cm³/mol. The summed E-state index contributed by atoms with van der Waals surface area (Å²) in [5, 5.41) is 2.61. The van der Waals surface area contributed by atoms with Crippen molar-refractivity contribution in [1.29, 1.82) is 0 Å². The van der Waals surface area contributed by atoms with Gasteiger partial charge in [0.15, 0.2) is 0 Å². The lowest BCUT2D eigenvalue weighted by Gasteiger charge is -2.12. The van der Waals surface area contributed by atoms with Gasteiger partial charge in [0, 0.05) is 12.3 Å². The van der Waals surface area contributed by atoms with E-state index in [1.54, 1.807) is 24.3 Å². The molecule has 0 saturated carbocycles. The molecule has 0 radical (unpaired) electrons. The van der Waals surface area contributed by atoms with E-state index in [1.807, 2.05) is 0 Å². The first-order valence-corrected chi connectivity index (χ1v) is 6.88. The van der Waals surface area contributed by atoms with Crippen molar-refractivity contribution in [3.63, 3.8) is 0 Å². The monoisotopic (exact) mass is 293 g/mol. The summed E-state index contributed by atoms with van der Waals surface area (Å²) in [7, 11) is 1.25. The van der Waals surface area contributed by atoms with Crippen LogP contribution < -0.4 is 10.1 Å². The molecule has 0 aromatic heterocycles. The fraction of sp³-hybridized carbons (Fsp3) is 0.467. The van der Waals surface area contributed by atoms with Gasteiger partial charge in [-0.2, -0.15) is 0 Å². The zero-order chi connectivity index (χ0) is 15.1. The molecule has 1 fully saturated rings. The highest BCUT2D eigenvalue weighted by molar-refractivity contribution is 6.01. The van der Waals surface area contributed by atoms with Crippen LogP contribution in [0.3, 0.4) is 0 Å². The lowest BCUT2D eigenvalue weighted by molar-refractivity contribution is -0.142. The fourth-order valence-corrected chi connectivity index (χ4v) is 2.01. The second kappa shape index (κ2) is 7.64. The minimum atomic E-state index is -0.566. The largest absolute Gasteiger partial charge is 0.491 e. The maximum absolute atomic E-state index is 11.5. The van der Waals surface area contributed by atoms with Crippen LogP contribution in [0, 0.1) is 0 Å². The first-order chi connectivity index (χ1) is 10.2. The highest BCUT2D eigenvalue weighted by atomic mass is 16.5. The van der Waals surface area contributed by atoms with Crippen LogP contribution in [-0.2, 0) is 19.1 Å². The van der Waals surface area contributed by atoms with Gasteiger partial charge in [0.05, 0.1) is 13.2 Å². The smallest absolute Gasteiger partial charge is 0.315 e. The SMILES string of the molecule is COC(=O)CC(=O)Nc1ccc(OCC2CCCO2)cc1. The summed E-state index contributed by atoms with van der Waals surface area (Å²) >= 11 is 0. The Morgan fingerprint density at radius 3 is 2.71 bits per heavy atom. The van der Waals surface area contributed by atoms with Crippen molar-refractivity contribution in [2.45, 2.75) is 25.4 Å².